The van der Waals surface area contributed by atoms with Crippen molar-refractivity contribution in [3.8, 4) is 0 Å². The lowest BCUT2D eigenvalue weighted by Gasteiger charge is -1.94. The van der Waals surface area contributed by atoms with Gasteiger partial charge < -0.3 is 10.3 Å². The Morgan fingerprint density at radius 2 is 1.93 bits per heavy atom. The predicted molar refractivity (Wildman–Crippen MR) is 53.8 cm³/mol. The molecule has 0 saturated carbocycles. The molecule has 0 amide bonds. The van der Waals surface area contributed by atoms with Gasteiger partial charge in [-0.1, -0.05) is 15.9 Å². The van der Waals surface area contributed by atoms with Crippen molar-refractivity contribution in [3.63, 3.8) is 0 Å². The molecule has 0 saturated heterocycles. The standard InChI is InChI=1S/C7H8BrN.H2O4S/c1-5-4-6(9)2-3-7(5)8;1-5(2,3)4/h2-4H,9H2,1H3;(H2,1,2,3,4). The fourth-order valence-electron chi connectivity index (χ4n) is 0.707. The fourth-order valence-corrected chi connectivity index (χ4v) is 0.953. The SMILES string of the molecule is Cc1cc([NH3+])ccc1Br.O=S(=O)([O-])O. The van der Waals surface area contributed by atoms with Crippen LogP contribution in [0.2, 0.25) is 0 Å². The van der Waals surface area contributed by atoms with E-state index in [2.05, 4.69) is 28.6 Å². The third kappa shape index (κ3) is 8.14. The van der Waals surface area contributed by atoms with Gasteiger partial charge >= 0.3 is 0 Å². The summed E-state index contributed by atoms with van der Waals surface area (Å²) in [6.07, 6.45) is 0. The van der Waals surface area contributed by atoms with Gasteiger partial charge in [0.05, 0.1) is 0 Å². The Morgan fingerprint density at radius 1 is 1.50 bits per heavy atom. The van der Waals surface area contributed by atoms with Crippen molar-refractivity contribution in [3.05, 3.63) is 28.2 Å². The first kappa shape index (κ1) is 13.5. The van der Waals surface area contributed by atoms with E-state index in [9.17, 15) is 0 Å². The number of quaternary nitrogens is 1. The molecule has 14 heavy (non-hydrogen) atoms. The quantitative estimate of drug-likeness (QED) is 0.538. The van der Waals surface area contributed by atoms with Gasteiger partial charge in [0, 0.05) is 16.6 Å². The van der Waals surface area contributed by atoms with Gasteiger partial charge in [0.15, 0.2) is 0 Å². The average Bonchev–Trinajstić information content (AvgIpc) is 1.94. The lowest BCUT2D eigenvalue weighted by Crippen LogP contribution is -2.40. The molecule has 0 bridgehead atoms. The summed E-state index contributed by atoms with van der Waals surface area (Å²) < 4.78 is 34.0. The van der Waals surface area contributed by atoms with Crippen molar-refractivity contribution in [2.75, 3.05) is 0 Å². The molecule has 1 aromatic rings. The Bertz CT molecular complexity index is 396. The summed E-state index contributed by atoms with van der Waals surface area (Å²) in [7, 11) is -4.92. The normalized spacial score (nSPS) is 10.4. The van der Waals surface area contributed by atoms with Crippen LogP contribution in [-0.4, -0.2) is 17.5 Å². The van der Waals surface area contributed by atoms with Crippen LogP contribution in [0.15, 0.2) is 22.7 Å². The minimum Gasteiger partial charge on any atom is -0.726 e. The lowest BCUT2D eigenvalue weighted by molar-refractivity contribution is -0.254. The number of aryl methyl sites for hydroxylation is 1. The zero-order valence-corrected chi connectivity index (χ0v) is 9.80. The third-order valence-electron chi connectivity index (χ3n) is 1.22. The van der Waals surface area contributed by atoms with E-state index in [1.807, 2.05) is 18.2 Å². The average molecular weight is 284 g/mol. The second-order valence-electron chi connectivity index (χ2n) is 2.51. The molecule has 0 aromatic heterocycles. The van der Waals surface area contributed by atoms with E-state index in [0.717, 1.165) is 10.2 Å². The van der Waals surface area contributed by atoms with Crippen LogP contribution in [0, 0.1) is 6.92 Å². The Morgan fingerprint density at radius 3 is 2.21 bits per heavy atom. The van der Waals surface area contributed by atoms with Crippen molar-refractivity contribution in [2.45, 2.75) is 6.92 Å². The second kappa shape index (κ2) is 5.42. The highest BCUT2D eigenvalue weighted by molar-refractivity contribution is 9.10. The topological polar surface area (TPSA) is 105 Å². The number of halogens is 1. The van der Waals surface area contributed by atoms with Gasteiger partial charge in [0.25, 0.3) is 0 Å². The lowest BCUT2D eigenvalue weighted by atomic mass is 10.2. The van der Waals surface area contributed by atoms with E-state index in [1.165, 1.54) is 5.56 Å². The zero-order valence-electron chi connectivity index (χ0n) is 7.40. The molecular formula is C7H10BrNO4S. The van der Waals surface area contributed by atoms with E-state index < -0.39 is 10.4 Å². The summed E-state index contributed by atoms with van der Waals surface area (Å²) >= 11 is 3.40. The maximum atomic E-state index is 8.63. The molecule has 0 aliphatic carbocycles. The minimum absolute atomic E-state index is 1.07. The van der Waals surface area contributed by atoms with Crippen LogP contribution in [0.4, 0.5) is 5.69 Å². The van der Waals surface area contributed by atoms with E-state index >= 15 is 0 Å². The summed E-state index contributed by atoms with van der Waals surface area (Å²) in [4.78, 5) is 0. The third-order valence-corrected chi connectivity index (χ3v) is 2.11. The summed E-state index contributed by atoms with van der Waals surface area (Å²) in [5.41, 5.74) is 6.11. The van der Waals surface area contributed by atoms with Crippen molar-refractivity contribution >= 4 is 32.0 Å². The molecule has 0 radical (unpaired) electrons. The highest BCUT2D eigenvalue weighted by atomic mass is 79.9. The van der Waals surface area contributed by atoms with Crippen molar-refractivity contribution in [2.24, 2.45) is 0 Å². The Kier molecular flexibility index (Phi) is 5.24. The van der Waals surface area contributed by atoms with E-state index in [0.29, 0.717) is 0 Å². The van der Waals surface area contributed by atoms with Gasteiger partial charge in [0.1, 0.15) is 5.69 Å². The molecule has 80 valence electrons. The first-order valence-corrected chi connectivity index (χ1v) is 5.62. The minimum atomic E-state index is -4.92. The second-order valence-corrected chi connectivity index (χ2v) is 4.22. The van der Waals surface area contributed by atoms with Gasteiger partial charge in [0.2, 0.25) is 10.4 Å². The molecule has 1 rings (SSSR count). The number of hydrogen-bond donors (Lipinski definition) is 2. The van der Waals surface area contributed by atoms with E-state index in [4.69, 9.17) is 17.5 Å². The molecule has 0 unspecified atom stereocenters. The highest BCUT2D eigenvalue weighted by Gasteiger charge is 1.93. The number of rotatable bonds is 0. The smallest absolute Gasteiger partial charge is 0.215 e. The van der Waals surface area contributed by atoms with E-state index in [-0.39, 0.29) is 0 Å². The molecule has 7 heteroatoms. The van der Waals surface area contributed by atoms with Crippen LogP contribution in [-0.2, 0) is 10.4 Å². The van der Waals surface area contributed by atoms with Crippen LogP contribution >= 0.6 is 15.9 Å². The molecule has 0 aliphatic heterocycles. The van der Waals surface area contributed by atoms with Crippen LogP contribution in [0.3, 0.4) is 0 Å². The summed E-state index contributed by atoms with van der Waals surface area (Å²) in [6.45, 7) is 2.05. The monoisotopic (exact) mass is 283 g/mol. The first-order chi connectivity index (χ1) is 6.20. The highest BCUT2D eigenvalue weighted by Crippen LogP contribution is 2.16. The van der Waals surface area contributed by atoms with Crippen LogP contribution in [0.25, 0.3) is 0 Å². The van der Waals surface area contributed by atoms with Crippen LogP contribution < -0.4 is 5.73 Å². The number of benzene rings is 1. The fraction of sp³-hybridized carbons (Fsp3) is 0.143. The van der Waals surface area contributed by atoms with Gasteiger partial charge in [-0.15, -0.1) is 0 Å². The molecular weight excluding hydrogens is 274 g/mol. The summed E-state index contributed by atoms with van der Waals surface area (Å²) in [6, 6.07) is 6.04. The zero-order chi connectivity index (χ0) is 11.4. The maximum absolute atomic E-state index is 8.63. The Balaban J connectivity index is 0.000000292. The van der Waals surface area contributed by atoms with Gasteiger partial charge in [-0.2, -0.15) is 0 Å². The molecule has 1 aromatic carbocycles. The van der Waals surface area contributed by atoms with Crippen LogP contribution in [0.1, 0.15) is 5.56 Å². The largest absolute Gasteiger partial charge is 0.726 e. The molecule has 0 fully saturated rings. The molecule has 0 aliphatic rings. The summed E-state index contributed by atoms with van der Waals surface area (Å²) in [5, 5.41) is 0. The molecule has 0 spiro atoms. The Labute approximate surface area is 90.6 Å². The van der Waals surface area contributed by atoms with Crippen molar-refractivity contribution < 1.29 is 23.3 Å². The molecule has 0 atom stereocenters. The van der Waals surface area contributed by atoms with Crippen molar-refractivity contribution in [1.29, 1.82) is 0 Å². The van der Waals surface area contributed by atoms with E-state index in [1.54, 1.807) is 0 Å². The Hall–Kier alpha value is -0.470. The molecule has 4 N–H and O–H groups in total. The van der Waals surface area contributed by atoms with Gasteiger partial charge in [-0.25, -0.2) is 8.42 Å². The predicted octanol–water partition coefficient (Wildman–Crippen LogP) is 0.636. The first-order valence-electron chi connectivity index (χ1n) is 3.46. The summed E-state index contributed by atoms with van der Waals surface area (Å²) in [5.74, 6) is 0. The molecule has 0 heterocycles. The number of hydrogen-bond acceptors (Lipinski definition) is 3. The van der Waals surface area contributed by atoms with Crippen molar-refractivity contribution in [1.82, 2.24) is 0 Å². The molecule has 5 nitrogen and oxygen atoms in total. The van der Waals surface area contributed by atoms with Gasteiger partial charge in [-0.05, 0) is 18.6 Å². The van der Waals surface area contributed by atoms with Gasteiger partial charge in [-0.3, -0.25) is 4.55 Å². The van der Waals surface area contributed by atoms with Crippen LogP contribution in [0.5, 0.6) is 0 Å². The maximum Gasteiger partial charge on any atom is 0.215 e.